The zero-order valence-corrected chi connectivity index (χ0v) is 15.4. The molecule has 2 aromatic rings. The molecule has 5 nitrogen and oxygen atoms in total. The van der Waals surface area contributed by atoms with Crippen molar-refractivity contribution in [2.45, 2.75) is 33.0 Å². The molecule has 1 saturated heterocycles. The molecule has 1 aromatic carbocycles. The van der Waals surface area contributed by atoms with Crippen LogP contribution >= 0.6 is 11.6 Å². The molecule has 1 fully saturated rings. The summed E-state index contributed by atoms with van der Waals surface area (Å²) in [5.41, 5.74) is 2.86. The molecule has 0 spiro atoms. The number of ether oxygens (including phenoxy) is 1. The van der Waals surface area contributed by atoms with E-state index in [0.717, 1.165) is 24.5 Å². The van der Waals surface area contributed by atoms with Gasteiger partial charge in [-0.15, -0.1) is 0 Å². The standard InChI is InChI=1S/C19H22ClN3O2/c1-12-10-23(11-13(2)25-12)16-6-4-15(5-7-16)22-19(24)18-14(3)17(20)8-9-21-18/h4-9,12-13H,10-11H2,1-3H3,(H,22,24)/t12-,13+. The van der Waals surface area contributed by atoms with Crippen LogP contribution < -0.4 is 10.2 Å². The van der Waals surface area contributed by atoms with E-state index in [4.69, 9.17) is 16.3 Å². The van der Waals surface area contributed by atoms with Crippen LogP contribution in [-0.2, 0) is 4.74 Å². The van der Waals surface area contributed by atoms with Gasteiger partial charge < -0.3 is 15.0 Å². The minimum Gasteiger partial charge on any atom is -0.372 e. The highest BCUT2D eigenvalue weighted by Crippen LogP contribution is 2.23. The van der Waals surface area contributed by atoms with Gasteiger partial charge in [-0.05, 0) is 56.7 Å². The molecule has 3 rings (SSSR count). The van der Waals surface area contributed by atoms with Crippen molar-refractivity contribution in [1.29, 1.82) is 0 Å². The number of carbonyl (C=O) groups excluding carboxylic acids is 1. The third-order valence-electron chi connectivity index (χ3n) is 4.26. The SMILES string of the molecule is Cc1c(Cl)ccnc1C(=O)Nc1ccc(N2C[C@@H](C)O[C@@H](C)C2)cc1. The van der Waals surface area contributed by atoms with Crippen LogP contribution in [0.5, 0.6) is 0 Å². The van der Waals surface area contributed by atoms with Crippen LogP contribution in [0, 0.1) is 6.92 Å². The van der Waals surface area contributed by atoms with E-state index in [2.05, 4.69) is 29.0 Å². The average molecular weight is 360 g/mol. The largest absolute Gasteiger partial charge is 0.372 e. The molecular formula is C19H22ClN3O2. The van der Waals surface area contributed by atoms with Crippen molar-refractivity contribution < 1.29 is 9.53 Å². The van der Waals surface area contributed by atoms with Gasteiger partial charge in [-0.1, -0.05) is 11.6 Å². The maximum Gasteiger partial charge on any atom is 0.274 e. The summed E-state index contributed by atoms with van der Waals surface area (Å²) >= 11 is 6.06. The monoisotopic (exact) mass is 359 g/mol. The lowest BCUT2D eigenvalue weighted by Crippen LogP contribution is -2.45. The number of nitrogens with one attached hydrogen (secondary N) is 1. The summed E-state index contributed by atoms with van der Waals surface area (Å²) in [7, 11) is 0. The number of anilines is 2. The smallest absolute Gasteiger partial charge is 0.274 e. The lowest BCUT2D eigenvalue weighted by atomic mass is 10.1. The van der Waals surface area contributed by atoms with E-state index in [0.29, 0.717) is 16.3 Å². The molecular weight excluding hydrogens is 338 g/mol. The molecule has 2 atom stereocenters. The van der Waals surface area contributed by atoms with Gasteiger partial charge >= 0.3 is 0 Å². The molecule has 1 N–H and O–H groups in total. The van der Waals surface area contributed by atoms with Crippen LogP contribution in [-0.4, -0.2) is 36.2 Å². The van der Waals surface area contributed by atoms with E-state index in [1.165, 1.54) is 6.20 Å². The zero-order valence-electron chi connectivity index (χ0n) is 14.6. The molecule has 1 aliphatic heterocycles. The Labute approximate surface area is 153 Å². The third kappa shape index (κ3) is 4.11. The van der Waals surface area contributed by atoms with Crippen LogP contribution in [0.2, 0.25) is 5.02 Å². The first kappa shape index (κ1) is 17.7. The minimum atomic E-state index is -0.263. The number of hydrogen-bond donors (Lipinski definition) is 1. The summed E-state index contributed by atoms with van der Waals surface area (Å²) in [5, 5.41) is 3.40. The Kier molecular flexibility index (Phi) is 5.25. The van der Waals surface area contributed by atoms with E-state index in [1.54, 1.807) is 13.0 Å². The average Bonchev–Trinajstić information content (AvgIpc) is 2.57. The highest BCUT2D eigenvalue weighted by atomic mass is 35.5. The number of carbonyl (C=O) groups is 1. The molecule has 0 radical (unpaired) electrons. The first-order valence-electron chi connectivity index (χ1n) is 8.37. The fraction of sp³-hybridized carbons (Fsp3) is 0.368. The Bertz CT molecular complexity index is 754. The molecule has 1 aliphatic rings. The van der Waals surface area contributed by atoms with Crippen molar-refractivity contribution in [2.24, 2.45) is 0 Å². The number of rotatable bonds is 3. The minimum absolute atomic E-state index is 0.208. The molecule has 0 saturated carbocycles. The fourth-order valence-corrected chi connectivity index (χ4v) is 3.22. The molecule has 1 amide bonds. The molecule has 2 heterocycles. The maximum atomic E-state index is 12.4. The van der Waals surface area contributed by atoms with Gasteiger partial charge in [0.2, 0.25) is 0 Å². The Morgan fingerprint density at radius 2 is 1.84 bits per heavy atom. The zero-order chi connectivity index (χ0) is 18.0. The lowest BCUT2D eigenvalue weighted by molar-refractivity contribution is -0.00521. The quantitative estimate of drug-likeness (QED) is 0.902. The number of amides is 1. The van der Waals surface area contributed by atoms with Gasteiger partial charge in [0.25, 0.3) is 5.91 Å². The van der Waals surface area contributed by atoms with Crippen molar-refractivity contribution in [3.63, 3.8) is 0 Å². The van der Waals surface area contributed by atoms with Gasteiger partial charge in [0.1, 0.15) is 5.69 Å². The van der Waals surface area contributed by atoms with Gasteiger partial charge in [0.15, 0.2) is 0 Å². The van der Waals surface area contributed by atoms with E-state index < -0.39 is 0 Å². The molecule has 1 aromatic heterocycles. The summed E-state index contributed by atoms with van der Waals surface area (Å²) in [4.78, 5) is 18.8. The van der Waals surface area contributed by atoms with Gasteiger partial charge in [-0.25, -0.2) is 0 Å². The van der Waals surface area contributed by atoms with E-state index in [9.17, 15) is 4.79 Å². The highest BCUT2D eigenvalue weighted by molar-refractivity contribution is 6.31. The molecule has 25 heavy (non-hydrogen) atoms. The second-order valence-corrected chi connectivity index (χ2v) is 6.84. The van der Waals surface area contributed by atoms with E-state index in [1.807, 2.05) is 24.3 Å². The second kappa shape index (κ2) is 7.42. The number of hydrogen-bond acceptors (Lipinski definition) is 4. The summed E-state index contributed by atoms with van der Waals surface area (Å²) < 4.78 is 5.77. The highest BCUT2D eigenvalue weighted by Gasteiger charge is 2.22. The van der Waals surface area contributed by atoms with Gasteiger partial charge in [-0.2, -0.15) is 0 Å². The predicted molar refractivity (Wildman–Crippen MR) is 101 cm³/mol. The Balaban J connectivity index is 1.70. The maximum absolute atomic E-state index is 12.4. The molecule has 0 unspecified atom stereocenters. The summed E-state index contributed by atoms with van der Waals surface area (Å²) in [6.07, 6.45) is 1.95. The van der Waals surface area contributed by atoms with Crippen LogP contribution in [0.3, 0.4) is 0 Å². The van der Waals surface area contributed by atoms with Crippen LogP contribution in [0.4, 0.5) is 11.4 Å². The number of pyridine rings is 1. The molecule has 6 heteroatoms. The summed E-state index contributed by atoms with van der Waals surface area (Å²) in [5.74, 6) is -0.263. The summed E-state index contributed by atoms with van der Waals surface area (Å²) in [6, 6.07) is 9.50. The van der Waals surface area contributed by atoms with Crippen LogP contribution in [0.15, 0.2) is 36.5 Å². The molecule has 0 aliphatic carbocycles. The second-order valence-electron chi connectivity index (χ2n) is 6.43. The Hall–Kier alpha value is -2.11. The van der Waals surface area contributed by atoms with Gasteiger partial charge in [0.05, 0.1) is 12.2 Å². The Morgan fingerprint density at radius 3 is 2.48 bits per heavy atom. The number of nitrogens with zero attached hydrogens (tertiary/aromatic N) is 2. The first-order chi connectivity index (χ1) is 11.9. The van der Waals surface area contributed by atoms with Crippen LogP contribution in [0.1, 0.15) is 29.9 Å². The predicted octanol–water partition coefficient (Wildman–Crippen LogP) is 3.91. The fourth-order valence-electron chi connectivity index (χ4n) is 3.08. The van der Waals surface area contributed by atoms with Crippen molar-refractivity contribution in [2.75, 3.05) is 23.3 Å². The van der Waals surface area contributed by atoms with Crippen molar-refractivity contribution in [1.82, 2.24) is 4.98 Å². The van der Waals surface area contributed by atoms with E-state index in [-0.39, 0.29) is 18.1 Å². The molecule has 132 valence electrons. The number of aromatic nitrogens is 1. The van der Waals surface area contributed by atoms with Crippen molar-refractivity contribution >= 4 is 28.9 Å². The normalized spacial score (nSPS) is 20.4. The van der Waals surface area contributed by atoms with Gasteiger partial charge in [-0.3, -0.25) is 9.78 Å². The van der Waals surface area contributed by atoms with Crippen molar-refractivity contribution in [3.05, 3.63) is 52.8 Å². The topological polar surface area (TPSA) is 54.5 Å². The van der Waals surface area contributed by atoms with Crippen LogP contribution in [0.25, 0.3) is 0 Å². The van der Waals surface area contributed by atoms with Crippen molar-refractivity contribution in [3.8, 4) is 0 Å². The van der Waals surface area contributed by atoms with Gasteiger partial charge in [0, 0.05) is 35.7 Å². The Morgan fingerprint density at radius 1 is 1.20 bits per heavy atom. The lowest BCUT2D eigenvalue weighted by Gasteiger charge is -2.36. The first-order valence-corrected chi connectivity index (χ1v) is 8.74. The number of halogens is 1. The third-order valence-corrected chi connectivity index (χ3v) is 4.67. The van der Waals surface area contributed by atoms with E-state index >= 15 is 0 Å². The number of benzene rings is 1. The molecule has 0 bridgehead atoms. The number of morpholine rings is 1. The summed E-state index contributed by atoms with van der Waals surface area (Å²) in [6.45, 7) is 7.67.